The van der Waals surface area contributed by atoms with E-state index in [-0.39, 0.29) is 46.8 Å². The van der Waals surface area contributed by atoms with E-state index in [2.05, 4.69) is 10.3 Å². The summed E-state index contributed by atoms with van der Waals surface area (Å²) in [7, 11) is 0. The summed E-state index contributed by atoms with van der Waals surface area (Å²) >= 11 is 6.04. The van der Waals surface area contributed by atoms with Crippen molar-refractivity contribution >= 4 is 11.6 Å². The number of benzene rings is 3. The summed E-state index contributed by atoms with van der Waals surface area (Å²) in [6.07, 6.45) is -13.9. The monoisotopic (exact) mass is 686 g/mol. The van der Waals surface area contributed by atoms with E-state index in [1.807, 2.05) is 0 Å². The summed E-state index contributed by atoms with van der Waals surface area (Å²) in [6.45, 7) is -0.333. The zero-order valence-electron chi connectivity index (χ0n) is 23.7. The molecular weight excluding hydrogens is 666 g/mol. The topological polar surface area (TPSA) is 38.1 Å². The van der Waals surface area contributed by atoms with Crippen molar-refractivity contribution < 1.29 is 48.3 Å². The van der Waals surface area contributed by atoms with E-state index < -0.39 is 52.1 Å². The number of rotatable bonds is 8. The van der Waals surface area contributed by atoms with Gasteiger partial charge in [0.2, 0.25) is 0 Å². The van der Waals surface area contributed by atoms with E-state index in [9.17, 15) is 43.9 Å². The van der Waals surface area contributed by atoms with E-state index >= 15 is 0 Å². The molecule has 0 radical (unpaired) electrons. The second kappa shape index (κ2) is 12.7. The lowest BCUT2D eigenvalue weighted by atomic mass is 9.79. The summed E-state index contributed by atoms with van der Waals surface area (Å²) in [5.41, 5.74) is -6.01. The first-order chi connectivity index (χ1) is 21.9. The van der Waals surface area contributed by atoms with Crippen LogP contribution in [-0.4, -0.2) is 4.98 Å². The Morgan fingerprint density at radius 1 is 0.660 bits per heavy atom. The zero-order chi connectivity index (χ0) is 34.2. The first-order valence-electron chi connectivity index (χ1n) is 13.6. The number of hydrogen-bond acceptors (Lipinski definition) is 3. The Balaban J connectivity index is 1.61. The van der Waals surface area contributed by atoms with Crippen molar-refractivity contribution in [2.75, 3.05) is 0 Å². The number of aromatic nitrogens is 1. The number of halogens is 11. The molecule has 14 heteroatoms. The standard InChI is InChI=1S/C33H21ClF10N2O/c34-25-6-9-29(45-17-25)30(16-19-4-2-1-3-5-19,21-12-24(33(42,43)44)15-26(35)14-21)46-18-27-7-8-28(47-27)20-10-22(31(36,37)38)13-23(11-20)32(39,40)41/h1-15,17,46H,16,18H2. The number of alkyl halides is 9. The number of nitrogens with zero attached hydrogens (tertiary/aromatic N) is 1. The van der Waals surface area contributed by atoms with Crippen molar-refractivity contribution in [3.05, 3.63) is 147 Å². The molecule has 1 N–H and O–H groups in total. The number of nitrogens with one attached hydrogen (secondary N) is 1. The van der Waals surface area contributed by atoms with Gasteiger partial charge in [0.05, 0.1) is 39.5 Å². The lowest BCUT2D eigenvalue weighted by Crippen LogP contribution is -2.46. The highest BCUT2D eigenvalue weighted by atomic mass is 35.5. The minimum absolute atomic E-state index is 0.00943. The van der Waals surface area contributed by atoms with Crippen LogP contribution in [-0.2, 0) is 37.0 Å². The molecule has 246 valence electrons. The Bertz CT molecular complexity index is 1820. The average Bonchev–Trinajstić information content (AvgIpc) is 3.48. The molecule has 0 fully saturated rings. The third-order valence-electron chi connectivity index (χ3n) is 7.29. The predicted octanol–water partition coefficient (Wildman–Crippen LogP) is 10.5. The molecule has 1 atom stereocenters. The molecule has 0 saturated carbocycles. The largest absolute Gasteiger partial charge is 0.460 e. The van der Waals surface area contributed by atoms with Gasteiger partial charge in [-0.25, -0.2) is 4.39 Å². The van der Waals surface area contributed by atoms with Crippen molar-refractivity contribution in [2.45, 2.75) is 37.0 Å². The molecule has 0 aliphatic rings. The van der Waals surface area contributed by atoms with Gasteiger partial charge in [-0.3, -0.25) is 10.3 Å². The number of furan rings is 1. The molecule has 2 aromatic heterocycles. The van der Waals surface area contributed by atoms with Gasteiger partial charge >= 0.3 is 18.5 Å². The lowest BCUT2D eigenvalue weighted by Gasteiger charge is -2.36. The maximum atomic E-state index is 14.8. The zero-order valence-corrected chi connectivity index (χ0v) is 24.4. The molecule has 0 spiro atoms. The molecule has 1 unspecified atom stereocenters. The van der Waals surface area contributed by atoms with Crippen LogP contribution in [0.4, 0.5) is 43.9 Å². The number of hydrogen-bond donors (Lipinski definition) is 1. The van der Waals surface area contributed by atoms with Gasteiger partial charge in [0, 0.05) is 18.2 Å². The summed E-state index contributed by atoms with van der Waals surface area (Å²) < 4.78 is 143. The van der Waals surface area contributed by atoms with Crippen LogP contribution in [0.15, 0.2) is 102 Å². The Hall–Kier alpha value is -4.36. The molecule has 0 saturated heterocycles. The smallest absolute Gasteiger partial charge is 0.416 e. The maximum absolute atomic E-state index is 14.8. The highest BCUT2D eigenvalue weighted by Gasteiger charge is 2.40. The minimum Gasteiger partial charge on any atom is -0.460 e. The first kappa shape index (κ1) is 34.0. The Morgan fingerprint density at radius 2 is 1.23 bits per heavy atom. The van der Waals surface area contributed by atoms with E-state index in [1.54, 1.807) is 30.3 Å². The number of pyridine rings is 1. The summed E-state index contributed by atoms with van der Waals surface area (Å²) in [4.78, 5) is 4.33. The van der Waals surface area contributed by atoms with Crippen molar-refractivity contribution in [1.29, 1.82) is 0 Å². The normalized spacial score (nSPS) is 13.9. The molecule has 3 aromatic carbocycles. The second-order valence-corrected chi connectivity index (χ2v) is 11.0. The molecule has 0 aliphatic heterocycles. The Morgan fingerprint density at radius 3 is 1.81 bits per heavy atom. The molecule has 5 rings (SSSR count). The van der Waals surface area contributed by atoms with Crippen molar-refractivity contribution in [3.63, 3.8) is 0 Å². The van der Waals surface area contributed by atoms with Crippen molar-refractivity contribution in [2.24, 2.45) is 0 Å². The molecule has 47 heavy (non-hydrogen) atoms. The fraction of sp³-hybridized carbons (Fsp3) is 0.182. The molecular formula is C33H21ClF10N2O. The van der Waals surface area contributed by atoms with Gasteiger partial charge in [0.25, 0.3) is 0 Å². The highest BCUT2D eigenvalue weighted by Crippen LogP contribution is 2.40. The third-order valence-corrected chi connectivity index (χ3v) is 7.52. The highest BCUT2D eigenvalue weighted by molar-refractivity contribution is 6.30. The van der Waals surface area contributed by atoms with Crippen LogP contribution in [0.2, 0.25) is 5.02 Å². The third kappa shape index (κ3) is 7.79. The van der Waals surface area contributed by atoms with Crippen LogP contribution >= 0.6 is 11.6 Å². The van der Waals surface area contributed by atoms with E-state index in [0.717, 1.165) is 18.2 Å². The quantitative estimate of drug-likeness (QED) is 0.165. The molecule has 0 amide bonds. The molecule has 3 nitrogen and oxygen atoms in total. The summed E-state index contributed by atoms with van der Waals surface area (Å²) in [5.74, 6) is -1.53. The minimum atomic E-state index is -5.09. The van der Waals surface area contributed by atoms with Gasteiger partial charge < -0.3 is 4.42 Å². The Labute approximate surface area is 265 Å². The van der Waals surface area contributed by atoms with Crippen LogP contribution in [0.25, 0.3) is 11.3 Å². The van der Waals surface area contributed by atoms with Gasteiger partial charge in [0.1, 0.15) is 17.3 Å². The van der Waals surface area contributed by atoms with E-state index in [4.69, 9.17) is 16.0 Å². The van der Waals surface area contributed by atoms with Gasteiger partial charge in [-0.05, 0) is 71.8 Å². The average molecular weight is 687 g/mol. The van der Waals surface area contributed by atoms with Crippen molar-refractivity contribution in [3.8, 4) is 11.3 Å². The van der Waals surface area contributed by atoms with Crippen LogP contribution in [0.1, 0.15) is 39.3 Å². The Kier molecular flexibility index (Phi) is 9.17. The van der Waals surface area contributed by atoms with Crippen LogP contribution < -0.4 is 5.32 Å². The fourth-order valence-corrected chi connectivity index (χ4v) is 5.20. The molecule has 2 heterocycles. The van der Waals surface area contributed by atoms with Crippen molar-refractivity contribution in [1.82, 2.24) is 10.3 Å². The van der Waals surface area contributed by atoms with Gasteiger partial charge in [-0.15, -0.1) is 0 Å². The fourth-order valence-electron chi connectivity index (χ4n) is 5.09. The summed E-state index contributed by atoms with van der Waals surface area (Å²) in [6, 6.07) is 16.8. The lowest BCUT2D eigenvalue weighted by molar-refractivity contribution is -0.143. The van der Waals surface area contributed by atoms with Crippen LogP contribution in [0, 0.1) is 5.82 Å². The van der Waals surface area contributed by atoms with Crippen LogP contribution in [0.3, 0.4) is 0 Å². The van der Waals surface area contributed by atoms with Gasteiger partial charge in [-0.1, -0.05) is 41.9 Å². The van der Waals surface area contributed by atoms with E-state index in [0.29, 0.717) is 23.8 Å². The van der Waals surface area contributed by atoms with E-state index in [1.165, 1.54) is 24.4 Å². The maximum Gasteiger partial charge on any atom is 0.416 e. The summed E-state index contributed by atoms with van der Waals surface area (Å²) in [5, 5.41) is 3.30. The second-order valence-electron chi connectivity index (χ2n) is 10.6. The molecule has 0 aliphatic carbocycles. The molecule has 0 bridgehead atoms. The van der Waals surface area contributed by atoms with Gasteiger partial charge in [-0.2, -0.15) is 39.5 Å². The SMILES string of the molecule is Fc1cc(C(F)(F)F)cc(C(Cc2ccccc2)(NCc2ccc(-c3cc(C(F)(F)F)cc(C(F)(F)F)c3)o2)c2ccc(Cl)cn2)c1. The predicted molar refractivity (Wildman–Crippen MR) is 153 cm³/mol. The molecule has 5 aromatic rings. The first-order valence-corrected chi connectivity index (χ1v) is 14.0. The van der Waals surface area contributed by atoms with Crippen LogP contribution in [0.5, 0.6) is 0 Å². The van der Waals surface area contributed by atoms with Gasteiger partial charge in [0.15, 0.2) is 0 Å².